The molecule has 31 heavy (non-hydrogen) atoms. The summed E-state index contributed by atoms with van der Waals surface area (Å²) in [6, 6.07) is 21.7. The van der Waals surface area contributed by atoms with E-state index in [-0.39, 0.29) is 5.91 Å². The van der Waals surface area contributed by atoms with Crippen LogP contribution in [-0.2, 0) is 6.54 Å². The normalized spacial score (nSPS) is 10.5. The molecule has 0 radical (unpaired) electrons. The van der Waals surface area contributed by atoms with Crippen LogP contribution < -0.4 is 14.8 Å². The maximum atomic E-state index is 12.3. The molecule has 0 aliphatic carbocycles. The van der Waals surface area contributed by atoms with Crippen molar-refractivity contribution < 1.29 is 18.7 Å². The molecule has 0 aliphatic heterocycles. The number of nitrogens with one attached hydrogen (secondary N) is 1. The minimum Gasteiger partial charge on any atom is -0.493 e. The van der Waals surface area contributed by atoms with E-state index >= 15 is 0 Å². The van der Waals surface area contributed by atoms with E-state index in [2.05, 4.69) is 15.5 Å². The predicted molar refractivity (Wildman–Crippen MR) is 115 cm³/mol. The van der Waals surface area contributed by atoms with Gasteiger partial charge in [0.1, 0.15) is 11.5 Å². The fraction of sp³-hybridized carbons (Fsp3) is 0.125. The number of methoxy groups -OCH3 is 1. The van der Waals surface area contributed by atoms with Crippen molar-refractivity contribution in [3.05, 3.63) is 89.9 Å². The Kier molecular flexibility index (Phi) is 5.93. The fourth-order valence-corrected chi connectivity index (χ4v) is 2.99. The van der Waals surface area contributed by atoms with Gasteiger partial charge in [0, 0.05) is 17.2 Å². The van der Waals surface area contributed by atoms with E-state index in [9.17, 15) is 4.79 Å². The van der Waals surface area contributed by atoms with Crippen molar-refractivity contribution in [2.45, 2.75) is 13.5 Å². The highest BCUT2D eigenvalue weighted by Crippen LogP contribution is 2.30. The second-order valence-corrected chi connectivity index (χ2v) is 6.78. The van der Waals surface area contributed by atoms with Gasteiger partial charge in [-0.15, -0.1) is 10.2 Å². The molecule has 0 bridgehead atoms. The Hall–Kier alpha value is -4.13. The Balaban J connectivity index is 1.40. The number of benzene rings is 2. The highest BCUT2D eigenvalue weighted by molar-refractivity contribution is 5.94. The first-order valence-corrected chi connectivity index (χ1v) is 9.71. The van der Waals surface area contributed by atoms with Crippen molar-refractivity contribution in [1.29, 1.82) is 0 Å². The Morgan fingerprint density at radius 3 is 2.35 bits per heavy atom. The number of rotatable bonds is 7. The van der Waals surface area contributed by atoms with Crippen molar-refractivity contribution in [2.24, 2.45) is 0 Å². The quantitative estimate of drug-likeness (QED) is 0.468. The summed E-state index contributed by atoms with van der Waals surface area (Å²) in [5.41, 5.74) is 2.07. The second-order valence-electron chi connectivity index (χ2n) is 6.78. The van der Waals surface area contributed by atoms with Gasteiger partial charge < -0.3 is 19.2 Å². The van der Waals surface area contributed by atoms with Crippen molar-refractivity contribution in [2.75, 3.05) is 7.11 Å². The molecule has 7 heteroatoms. The molecule has 1 N–H and O–H groups in total. The number of carbonyl (C=O) groups is 1. The topological polar surface area (TPSA) is 86.5 Å². The molecule has 4 aromatic rings. The molecule has 0 saturated heterocycles. The summed E-state index contributed by atoms with van der Waals surface area (Å²) in [4.78, 5) is 12.3. The second kappa shape index (κ2) is 9.13. The van der Waals surface area contributed by atoms with Crippen molar-refractivity contribution >= 4 is 5.91 Å². The van der Waals surface area contributed by atoms with Crippen LogP contribution in [0, 0.1) is 6.92 Å². The van der Waals surface area contributed by atoms with Crippen LogP contribution in [0.4, 0.5) is 0 Å². The van der Waals surface area contributed by atoms with Gasteiger partial charge >= 0.3 is 0 Å². The molecule has 156 valence electrons. The highest BCUT2D eigenvalue weighted by Gasteiger charge is 2.09. The monoisotopic (exact) mass is 415 g/mol. The molecule has 2 heterocycles. The number of furan rings is 1. The molecule has 7 nitrogen and oxygen atoms in total. The number of aryl methyl sites for hydroxylation is 1. The molecule has 0 atom stereocenters. The number of aromatic nitrogens is 2. The van der Waals surface area contributed by atoms with Crippen molar-refractivity contribution in [3.8, 4) is 28.6 Å². The van der Waals surface area contributed by atoms with Gasteiger partial charge in [-0.3, -0.25) is 4.79 Å². The van der Waals surface area contributed by atoms with Crippen LogP contribution in [0.3, 0.4) is 0 Å². The molecule has 0 unspecified atom stereocenters. The lowest BCUT2D eigenvalue weighted by Gasteiger charge is -2.09. The van der Waals surface area contributed by atoms with Crippen LogP contribution in [0.1, 0.15) is 21.9 Å². The lowest BCUT2D eigenvalue weighted by atomic mass is 10.1. The van der Waals surface area contributed by atoms with Crippen LogP contribution in [0.5, 0.6) is 17.4 Å². The number of hydrogen-bond donors (Lipinski definition) is 1. The molecular formula is C24H21N3O4. The summed E-state index contributed by atoms with van der Waals surface area (Å²) in [5, 5.41) is 11.2. The third-order valence-corrected chi connectivity index (χ3v) is 4.59. The molecule has 4 rings (SSSR count). The first-order chi connectivity index (χ1) is 15.1. The molecule has 0 saturated carbocycles. The number of nitrogens with zero attached hydrogens (tertiary/aromatic N) is 2. The molecule has 2 aromatic carbocycles. The summed E-state index contributed by atoms with van der Waals surface area (Å²) < 4.78 is 16.5. The molecule has 1 amide bonds. The van der Waals surface area contributed by atoms with E-state index in [4.69, 9.17) is 13.9 Å². The first-order valence-electron chi connectivity index (χ1n) is 9.71. The average molecular weight is 415 g/mol. The largest absolute Gasteiger partial charge is 0.493 e. The summed E-state index contributed by atoms with van der Waals surface area (Å²) in [7, 11) is 1.58. The Labute approximate surface area is 179 Å². The zero-order valence-electron chi connectivity index (χ0n) is 17.2. The standard InChI is InChI=1S/C24H21N3O4/c1-16-7-12-19(30-16)15-25-24(28)18-10-8-17(9-11-18)20-13-14-23(27-26-20)31-22-6-4-3-5-21(22)29-2/h3-14H,15H2,1-2H3,(H,25,28). The van der Waals surface area contributed by atoms with E-state index in [1.54, 1.807) is 31.4 Å². The lowest BCUT2D eigenvalue weighted by molar-refractivity contribution is 0.0948. The highest BCUT2D eigenvalue weighted by atomic mass is 16.5. The van der Waals surface area contributed by atoms with E-state index in [1.807, 2.05) is 55.5 Å². The summed E-state index contributed by atoms with van der Waals surface area (Å²) >= 11 is 0. The van der Waals surface area contributed by atoms with Gasteiger partial charge in [-0.1, -0.05) is 24.3 Å². The molecule has 2 aromatic heterocycles. The van der Waals surface area contributed by atoms with Gasteiger partial charge in [-0.2, -0.15) is 0 Å². The molecule has 0 aliphatic rings. The number of carbonyl (C=O) groups excluding carboxylic acids is 1. The average Bonchev–Trinajstić information content (AvgIpc) is 3.23. The number of amides is 1. The Bertz CT molecular complexity index is 1170. The van der Waals surface area contributed by atoms with Gasteiger partial charge in [0.15, 0.2) is 11.5 Å². The van der Waals surface area contributed by atoms with Crippen molar-refractivity contribution in [1.82, 2.24) is 15.5 Å². The Morgan fingerprint density at radius 1 is 0.935 bits per heavy atom. The maximum Gasteiger partial charge on any atom is 0.251 e. The first kappa shape index (κ1) is 20.2. The van der Waals surface area contributed by atoms with E-state index in [1.165, 1.54) is 0 Å². The van der Waals surface area contributed by atoms with Gasteiger partial charge in [-0.05, 0) is 49.4 Å². The van der Waals surface area contributed by atoms with Gasteiger partial charge in [0.2, 0.25) is 5.88 Å². The minimum atomic E-state index is -0.174. The van der Waals surface area contributed by atoms with Crippen LogP contribution in [0.2, 0.25) is 0 Å². The fourth-order valence-electron chi connectivity index (χ4n) is 2.99. The zero-order valence-corrected chi connectivity index (χ0v) is 17.2. The molecular weight excluding hydrogens is 394 g/mol. The van der Waals surface area contributed by atoms with Gasteiger partial charge in [0.05, 0.1) is 19.3 Å². The number of para-hydroxylation sites is 2. The van der Waals surface area contributed by atoms with E-state index in [0.717, 1.165) is 11.3 Å². The summed E-state index contributed by atoms with van der Waals surface area (Å²) in [6.07, 6.45) is 0. The molecule has 0 fully saturated rings. The lowest BCUT2D eigenvalue weighted by Crippen LogP contribution is -2.22. The SMILES string of the molecule is COc1ccccc1Oc1ccc(-c2ccc(C(=O)NCc3ccc(C)o3)cc2)nn1. The number of hydrogen-bond acceptors (Lipinski definition) is 6. The van der Waals surface area contributed by atoms with E-state index in [0.29, 0.717) is 40.9 Å². The van der Waals surface area contributed by atoms with E-state index < -0.39 is 0 Å². The maximum absolute atomic E-state index is 12.3. The van der Waals surface area contributed by atoms with Gasteiger partial charge in [0.25, 0.3) is 5.91 Å². The third kappa shape index (κ3) is 4.90. The predicted octanol–water partition coefficient (Wildman–Crippen LogP) is 4.78. The van der Waals surface area contributed by atoms with Gasteiger partial charge in [-0.25, -0.2) is 0 Å². The Morgan fingerprint density at radius 2 is 1.71 bits per heavy atom. The third-order valence-electron chi connectivity index (χ3n) is 4.59. The molecule has 0 spiro atoms. The van der Waals surface area contributed by atoms with Crippen LogP contribution >= 0.6 is 0 Å². The van der Waals surface area contributed by atoms with Crippen LogP contribution in [0.15, 0.2) is 77.2 Å². The van der Waals surface area contributed by atoms with Crippen LogP contribution in [0.25, 0.3) is 11.3 Å². The minimum absolute atomic E-state index is 0.174. The van der Waals surface area contributed by atoms with Crippen molar-refractivity contribution in [3.63, 3.8) is 0 Å². The zero-order chi connectivity index (χ0) is 21.6. The van der Waals surface area contributed by atoms with Crippen LogP contribution in [-0.4, -0.2) is 23.2 Å². The summed E-state index contributed by atoms with van der Waals surface area (Å²) in [6.45, 7) is 2.21. The number of ether oxygens (including phenoxy) is 2. The smallest absolute Gasteiger partial charge is 0.251 e. The summed E-state index contributed by atoms with van der Waals surface area (Å²) in [5.74, 6) is 2.89.